The molecule has 1 atom stereocenters. The quantitative estimate of drug-likeness (QED) is 0.816. The van der Waals surface area contributed by atoms with Crippen LogP contribution in [0.1, 0.15) is 17.2 Å². The van der Waals surface area contributed by atoms with Crippen LogP contribution in [0.5, 0.6) is 0 Å². The molecule has 0 spiro atoms. The predicted molar refractivity (Wildman–Crippen MR) is 90.6 cm³/mol. The third-order valence-corrected chi connectivity index (χ3v) is 6.10. The first-order valence-electron chi connectivity index (χ1n) is 8.04. The monoisotopic (exact) mass is 367 g/mol. The molecule has 1 aliphatic heterocycles. The van der Waals surface area contributed by atoms with Gasteiger partial charge in [0.2, 0.25) is 10.0 Å². The van der Waals surface area contributed by atoms with Gasteiger partial charge in [-0.25, -0.2) is 17.2 Å². The molecular weight excluding hydrogens is 348 g/mol. The van der Waals surface area contributed by atoms with Crippen LogP contribution in [0, 0.1) is 11.6 Å². The Labute approximate surface area is 146 Å². The SMILES string of the molecule is O=S(=O)(CCc1ccccc1F)N1CCOC(c2ccccc2F)C1. The van der Waals surface area contributed by atoms with Gasteiger partial charge in [-0.3, -0.25) is 0 Å². The van der Waals surface area contributed by atoms with Crippen molar-refractivity contribution in [3.05, 3.63) is 71.3 Å². The van der Waals surface area contributed by atoms with Crippen LogP contribution in [0.3, 0.4) is 0 Å². The van der Waals surface area contributed by atoms with Gasteiger partial charge in [-0.05, 0) is 24.1 Å². The van der Waals surface area contributed by atoms with Crippen molar-refractivity contribution in [1.29, 1.82) is 0 Å². The van der Waals surface area contributed by atoms with Crippen molar-refractivity contribution in [1.82, 2.24) is 4.31 Å². The smallest absolute Gasteiger partial charge is 0.214 e. The summed E-state index contributed by atoms with van der Waals surface area (Å²) < 4.78 is 59.6. The molecule has 0 aromatic heterocycles. The minimum Gasteiger partial charge on any atom is -0.371 e. The number of sulfonamides is 1. The molecule has 0 N–H and O–H groups in total. The maximum absolute atomic E-state index is 13.9. The minimum absolute atomic E-state index is 0.0561. The van der Waals surface area contributed by atoms with Gasteiger partial charge < -0.3 is 4.74 Å². The predicted octanol–water partition coefficient (Wildman–Crippen LogP) is 2.91. The number of nitrogens with zero attached hydrogens (tertiary/aromatic N) is 1. The van der Waals surface area contributed by atoms with E-state index < -0.39 is 27.8 Å². The molecule has 1 saturated heterocycles. The van der Waals surface area contributed by atoms with Gasteiger partial charge in [0, 0.05) is 18.7 Å². The molecule has 0 aliphatic carbocycles. The Balaban J connectivity index is 1.70. The molecule has 25 heavy (non-hydrogen) atoms. The van der Waals surface area contributed by atoms with E-state index in [0.717, 1.165) is 0 Å². The fourth-order valence-corrected chi connectivity index (χ4v) is 4.32. The molecule has 0 radical (unpaired) electrons. The maximum atomic E-state index is 13.9. The summed E-state index contributed by atoms with van der Waals surface area (Å²) >= 11 is 0. The number of rotatable bonds is 5. The van der Waals surface area contributed by atoms with Crippen LogP contribution in [-0.4, -0.2) is 38.2 Å². The second kappa shape index (κ2) is 7.59. The van der Waals surface area contributed by atoms with Crippen LogP contribution in [-0.2, 0) is 21.2 Å². The van der Waals surface area contributed by atoms with E-state index in [-0.39, 0.29) is 31.9 Å². The number of benzene rings is 2. The Morgan fingerprint density at radius 1 is 1.04 bits per heavy atom. The van der Waals surface area contributed by atoms with E-state index in [1.54, 1.807) is 36.4 Å². The van der Waals surface area contributed by atoms with Crippen molar-refractivity contribution in [2.45, 2.75) is 12.5 Å². The molecule has 134 valence electrons. The topological polar surface area (TPSA) is 46.6 Å². The summed E-state index contributed by atoms with van der Waals surface area (Å²) in [5, 5.41) is 0. The molecule has 0 saturated carbocycles. The lowest BCUT2D eigenvalue weighted by atomic mass is 10.1. The average molecular weight is 367 g/mol. The lowest BCUT2D eigenvalue weighted by Crippen LogP contribution is -2.43. The highest BCUT2D eigenvalue weighted by Crippen LogP contribution is 2.26. The first kappa shape index (κ1) is 18.0. The first-order chi connectivity index (χ1) is 12.0. The number of aryl methyl sites for hydroxylation is 1. The van der Waals surface area contributed by atoms with Crippen LogP contribution in [0.15, 0.2) is 48.5 Å². The van der Waals surface area contributed by atoms with Crippen molar-refractivity contribution in [2.24, 2.45) is 0 Å². The summed E-state index contributed by atoms with van der Waals surface area (Å²) in [6.07, 6.45) is -0.547. The Morgan fingerprint density at radius 2 is 1.72 bits per heavy atom. The van der Waals surface area contributed by atoms with E-state index >= 15 is 0 Å². The highest BCUT2D eigenvalue weighted by Gasteiger charge is 2.31. The summed E-state index contributed by atoms with van der Waals surface area (Å²) in [6, 6.07) is 12.3. The molecule has 3 rings (SSSR count). The molecule has 1 heterocycles. The second-order valence-electron chi connectivity index (χ2n) is 5.90. The van der Waals surface area contributed by atoms with Crippen LogP contribution in [0.25, 0.3) is 0 Å². The molecular formula is C18H19F2NO3S. The summed E-state index contributed by atoms with van der Waals surface area (Å²) in [4.78, 5) is 0. The van der Waals surface area contributed by atoms with Crippen LogP contribution >= 0.6 is 0 Å². The molecule has 0 bridgehead atoms. The summed E-state index contributed by atoms with van der Waals surface area (Å²) in [7, 11) is -3.59. The normalized spacial score (nSPS) is 19.0. The Kier molecular flexibility index (Phi) is 5.46. The average Bonchev–Trinajstić information content (AvgIpc) is 2.62. The Hall–Kier alpha value is -1.83. The van der Waals surface area contributed by atoms with Gasteiger partial charge >= 0.3 is 0 Å². The number of morpholine rings is 1. The number of hydrogen-bond acceptors (Lipinski definition) is 3. The number of halogens is 2. The third-order valence-electron chi connectivity index (χ3n) is 4.26. The zero-order valence-corrected chi connectivity index (χ0v) is 14.4. The van der Waals surface area contributed by atoms with Gasteiger partial charge in [0.25, 0.3) is 0 Å². The van der Waals surface area contributed by atoms with Crippen molar-refractivity contribution in [3.8, 4) is 0 Å². The van der Waals surface area contributed by atoms with Crippen molar-refractivity contribution >= 4 is 10.0 Å². The first-order valence-corrected chi connectivity index (χ1v) is 9.65. The largest absolute Gasteiger partial charge is 0.371 e. The Morgan fingerprint density at radius 3 is 2.44 bits per heavy atom. The molecule has 0 amide bonds. The molecule has 1 unspecified atom stereocenters. The summed E-state index contributed by atoms with van der Waals surface area (Å²) in [5.74, 6) is -1.03. The van der Waals surface area contributed by atoms with Gasteiger partial charge in [-0.15, -0.1) is 0 Å². The van der Waals surface area contributed by atoms with E-state index in [1.165, 1.54) is 16.4 Å². The van der Waals surface area contributed by atoms with Crippen molar-refractivity contribution in [2.75, 3.05) is 25.4 Å². The molecule has 4 nitrogen and oxygen atoms in total. The molecule has 1 fully saturated rings. The fraction of sp³-hybridized carbons (Fsp3) is 0.333. The summed E-state index contributed by atoms with van der Waals surface area (Å²) in [5.41, 5.74) is 0.710. The van der Waals surface area contributed by atoms with Crippen molar-refractivity contribution < 1.29 is 21.9 Å². The van der Waals surface area contributed by atoms with Gasteiger partial charge in [-0.2, -0.15) is 4.31 Å². The molecule has 7 heteroatoms. The standard InChI is InChI=1S/C18H19F2NO3S/c19-16-7-3-1-5-14(16)9-12-25(22,23)21-10-11-24-18(13-21)15-6-2-4-8-17(15)20/h1-8,18H,9-13H2. The highest BCUT2D eigenvalue weighted by atomic mass is 32.2. The summed E-state index contributed by atoms with van der Waals surface area (Å²) in [6.45, 7) is 0.461. The third kappa shape index (κ3) is 4.23. The van der Waals surface area contributed by atoms with Crippen LogP contribution in [0.2, 0.25) is 0 Å². The zero-order valence-electron chi connectivity index (χ0n) is 13.6. The van der Waals surface area contributed by atoms with Gasteiger partial charge in [0.05, 0.1) is 18.5 Å². The molecule has 2 aromatic rings. The van der Waals surface area contributed by atoms with E-state index in [1.807, 2.05) is 0 Å². The molecule has 2 aromatic carbocycles. The van der Waals surface area contributed by atoms with E-state index in [2.05, 4.69) is 0 Å². The van der Waals surface area contributed by atoms with Gasteiger partial charge in [0.1, 0.15) is 11.6 Å². The zero-order chi connectivity index (χ0) is 17.9. The van der Waals surface area contributed by atoms with Gasteiger partial charge in [-0.1, -0.05) is 36.4 Å². The molecule has 1 aliphatic rings. The maximum Gasteiger partial charge on any atom is 0.214 e. The van der Waals surface area contributed by atoms with E-state index in [4.69, 9.17) is 4.74 Å². The van der Waals surface area contributed by atoms with Crippen molar-refractivity contribution in [3.63, 3.8) is 0 Å². The minimum atomic E-state index is -3.59. The highest BCUT2D eigenvalue weighted by molar-refractivity contribution is 7.89. The van der Waals surface area contributed by atoms with E-state index in [9.17, 15) is 17.2 Å². The number of ether oxygens (including phenoxy) is 1. The number of hydrogen-bond donors (Lipinski definition) is 0. The van der Waals surface area contributed by atoms with Crippen LogP contribution < -0.4 is 0 Å². The lowest BCUT2D eigenvalue weighted by molar-refractivity contribution is -0.00440. The van der Waals surface area contributed by atoms with Gasteiger partial charge in [0.15, 0.2) is 0 Å². The van der Waals surface area contributed by atoms with E-state index in [0.29, 0.717) is 11.1 Å². The fourth-order valence-electron chi connectivity index (χ4n) is 2.87. The Bertz CT molecular complexity index is 842. The second-order valence-corrected chi connectivity index (χ2v) is 7.98. The van der Waals surface area contributed by atoms with Crippen LogP contribution in [0.4, 0.5) is 8.78 Å². The lowest BCUT2D eigenvalue weighted by Gasteiger charge is -2.32.